The van der Waals surface area contributed by atoms with Crippen LogP contribution in [0.15, 0.2) is 6.20 Å². The van der Waals surface area contributed by atoms with Crippen LogP contribution < -0.4 is 5.32 Å². The zero-order chi connectivity index (χ0) is 13.3. The Morgan fingerprint density at radius 1 is 1.44 bits per heavy atom. The van der Waals surface area contributed by atoms with Gasteiger partial charge in [0.2, 0.25) is 0 Å². The van der Waals surface area contributed by atoms with Crippen molar-refractivity contribution in [1.29, 1.82) is 0 Å². The Morgan fingerprint density at radius 3 is 2.67 bits per heavy atom. The lowest BCUT2D eigenvalue weighted by Crippen LogP contribution is -2.05. The first-order chi connectivity index (χ1) is 8.47. The van der Waals surface area contributed by atoms with E-state index in [-0.39, 0.29) is 11.0 Å². The number of hydrogen-bond acceptors (Lipinski definition) is 7. The lowest BCUT2D eigenvalue weighted by molar-refractivity contribution is -0.380. The van der Waals surface area contributed by atoms with Gasteiger partial charge in [-0.15, -0.1) is 11.3 Å². The number of rotatable bonds is 4. The van der Waals surface area contributed by atoms with Gasteiger partial charge in [-0.3, -0.25) is 10.1 Å². The molecule has 1 unspecified atom stereocenters. The Labute approximate surface area is 112 Å². The number of nitrogens with zero attached hydrogens (tertiary/aromatic N) is 3. The topological polar surface area (TPSA) is 81.0 Å². The van der Waals surface area contributed by atoms with Crippen LogP contribution in [0.1, 0.15) is 28.5 Å². The molecule has 0 fully saturated rings. The van der Waals surface area contributed by atoms with Gasteiger partial charge >= 0.3 is 5.00 Å². The Kier molecular flexibility index (Phi) is 3.58. The van der Waals surface area contributed by atoms with E-state index in [0.717, 1.165) is 26.9 Å². The lowest BCUT2D eigenvalue weighted by atomic mass is 10.2. The van der Waals surface area contributed by atoms with Crippen LogP contribution in [0.2, 0.25) is 0 Å². The van der Waals surface area contributed by atoms with Crippen LogP contribution in [0.3, 0.4) is 0 Å². The number of hydrogen-bond donors (Lipinski definition) is 1. The summed E-state index contributed by atoms with van der Waals surface area (Å²) in [7, 11) is 0. The lowest BCUT2D eigenvalue weighted by Gasteiger charge is -2.10. The van der Waals surface area contributed by atoms with E-state index >= 15 is 0 Å². The van der Waals surface area contributed by atoms with Gasteiger partial charge in [-0.25, -0.2) is 9.97 Å². The van der Waals surface area contributed by atoms with Gasteiger partial charge in [0, 0.05) is 4.88 Å². The molecule has 2 aromatic rings. The van der Waals surface area contributed by atoms with Gasteiger partial charge in [0.1, 0.15) is 6.20 Å². The van der Waals surface area contributed by atoms with E-state index in [1.807, 2.05) is 20.8 Å². The second-order valence-electron chi connectivity index (χ2n) is 3.81. The highest BCUT2D eigenvalue weighted by atomic mass is 32.1. The summed E-state index contributed by atoms with van der Waals surface area (Å²) < 4.78 is 0. The maximum Gasteiger partial charge on any atom is 0.345 e. The maximum atomic E-state index is 10.6. The van der Waals surface area contributed by atoms with Crippen LogP contribution in [0.25, 0.3) is 0 Å². The molecule has 96 valence electrons. The summed E-state index contributed by atoms with van der Waals surface area (Å²) in [5.41, 5.74) is 0.989. The minimum absolute atomic E-state index is 0.0434. The third-order valence-electron chi connectivity index (χ3n) is 2.35. The Balaban J connectivity index is 2.13. The van der Waals surface area contributed by atoms with Gasteiger partial charge in [-0.2, -0.15) is 0 Å². The fraction of sp³-hybridized carbons (Fsp3) is 0.400. The predicted molar refractivity (Wildman–Crippen MR) is 72.4 cm³/mol. The number of aryl methyl sites for hydroxylation is 2. The molecule has 0 spiro atoms. The summed E-state index contributed by atoms with van der Waals surface area (Å²) in [6, 6.07) is 0.0435. The first kappa shape index (κ1) is 12.9. The third kappa shape index (κ3) is 2.65. The van der Waals surface area contributed by atoms with Crippen molar-refractivity contribution in [2.24, 2.45) is 0 Å². The molecular formula is C10H12N4O2S2. The van der Waals surface area contributed by atoms with Gasteiger partial charge < -0.3 is 5.32 Å². The Hall–Kier alpha value is -1.54. The largest absolute Gasteiger partial charge is 0.354 e. The average Bonchev–Trinajstić information content (AvgIpc) is 2.85. The van der Waals surface area contributed by atoms with E-state index in [0.29, 0.717) is 5.13 Å². The van der Waals surface area contributed by atoms with E-state index in [4.69, 9.17) is 0 Å². The monoisotopic (exact) mass is 284 g/mol. The van der Waals surface area contributed by atoms with Crippen LogP contribution in [0.4, 0.5) is 10.1 Å². The van der Waals surface area contributed by atoms with Gasteiger partial charge in [0.15, 0.2) is 5.13 Å². The quantitative estimate of drug-likeness (QED) is 0.688. The van der Waals surface area contributed by atoms with Crippen LogP contribution >= 0.6 is 22.7 Å². The average molecular weight is 284 g/mol. The molecule has 0 saturated heterocycles. The molecule has 0 aromatic carbocycles. The smallest absolute Gasteiger partial charge is 0.345 e. The fourth-order valence-corrected chi connectivity index (χ4v) is 3.27. The molecule has 0 amide bonds. The number of aromatic nitrogens is 2. The predicted octanol–water partition coefficient (Wildman–Crippen LogP) is 3.30. The summed E-state index contributed by atoms with van der Waals surface area (Å²) >= 11 is 2.66. The van der Waals surface area contributed by atoms with Crippen LogP contribution in [0, 0.1) is 24.0 Å². The molecule has 6 nitrogen and oxygen atoms in total. The van der Waals surface area contributed by atoms with Crippen molar-refractivity contribution in [2.45, 2.75) is 26.8 Å². The zero-order valence-electron chi connectivity index (χ0n) is 10.1. The van der Waals surface area contributed by atoms with Gasteiger partial charge in [-0.1, -0.05) is 0 Å². The molecule has 0 aliphatic carbocycles. The van der Waals surface area contributed by atoms with Gasteiger partial charge in [-0.05, 0) is 32.1 Å². The van der Waals surface area contributed by atoms with Crippen molar-refractivity contribution < 1.29 is 4.92 Å². The van der Waals surface area contributed by atoms with E-state index in [9.17, 15) is 10.1 Å². The number of anilines is 1. The molecule has 0 aliphatic rings. The second-order valence-corrected chi connectivity index (χ2v) is 6.05. The minimum atomic E-state index is -0.435. The molecule has 0 saturated carbocycles. The molecule has 0 aliphatic heterocycles. The summed E-state index contributed by atoms with van der Waals surface area (Å²) in [6.07, 6.45) is 1.27. The van der Waals surface area contributed by atoms with Gasteiger partial charge in [0.05, 0.1) is 21.7 Å². The number of nitro groups is 1. The number of nitrogens with one attached hydrogen (secondary N) is 1. The molecular weight excluding hydrogens is 272 g/mol. The zero-order valence-corrected chi connectivity index (χ0v) is 11.8. The highest BCUT2D eigenvalue weighted by Crippen LogP contribution is 2.31. The molecule has 2 heterocycles. The van der Waals surface area contributed by atoms with Crippen molar-refractivity contribution in [3.8, 4) is 0 Å². The molecule has 2 aromatic heterocycles. The molecule has 0 bridgehead atoms. The summed E-state index contributed by atoms with van der Waals surface area (Å²) in [6.45, 7) is 5.91. The molecule has 18 heavy (non-hydrogen) atoms. The van der Waals surface area contributed by atoms with Crippen LogP contribution in [-0.2, 0) is 0 Å². The Morgan fingerprint density at radius 2 is 2.17 bits per heavy atom. The van der Waals surface area contributed by atoms with E-state index in [1.54, 1.807) is 11.3 Å². The summed E-state index contributed by atoms with van der Waals surface area (Å²) in [4.78, 5) is 19.6. The standard InChI is InChI=1S/C10H12N4O2S2/c1-5-9(17-7(3)12-5)6(2)13-10-11-4-8(18-10)14(15)16/h4,6H,1-3H3,(H,11,13). The maximum absolute atomic E-state index is 10.6. The van der Waals surface area contributed by atoms with E-state index in [2.05, 4.69) is 15.3 Å². The first-order valence-corrected chi connectivity index (χ1v) is 6.91. The van der Waals surface area contributed by atoms with Crippen LogP contribution in [0.5, 0.6) is 0 Å². The third-order valence-corrected chi connectivity index (χ3v) is 4.48. The highest BCUT2D eigenvalue weighted by Gasteiger charge is 2.16. The van der Waals surface area contributed by atoms with Crippen molar-refractivity contribution in [3.05, 3.63) is 31.9 Å². The normalized spacial score (nSPS) is 12.4. The molecule has 1 atom stereocenters. The van der Waals surface area contributed by atoms with Crippen molar-refractivity contribution in [3.63, 3.8) is 0 Å². The van der Waals surface area contributed by atoms with Crippen molar-refractivity contribution in [1.82, 2.24) is 9.97 Å². The summed E-state index contributed by atoms with van der Waals surface area (Å²) in [5.74, 6) is 0. The van der Waals surface area contributed by atoms with E-state index in [1.165, 1.54) is 6.20 Å². The molecule has 0 radical (unpaired) electrons. The molecule has 1 N–H and O–H groups in total. The summed E-state index contributed by atoms with van der Waals surface area (Å²) in [5, 5.41) is 15.3. The SMILES string of the molecule is Cc1nc(C)c(C(C)Nc2ncc([N+](=O)[O-])s2)s1. The minimum Gasteiger partial charge on any atom is -0.354 e. The second kappa shape index (κ2) is 4.99. The van der Waals surface area contributed by atoms with Gasteiger partial charge in [0.25, 0.3) is 0 Å². The molecule has 8 heteroatoms. The fourth-order valence-electron chi connectivity index (χ4n) is 1.62. The number of thiazole rings is 2. The van der Waals surface area contributed by atoms with Crippen LogP contribution in [-0.4, -0.2) is 14.9 Å². The highest BCUT2D eigenvalue weighted by molar-refractivity contribution is 7.18. The first-order valence-electron chi connectivity index (χ1n) is 5.28. The van der Waals surface area contributed by atoms with Crippen molar-refractivity contribution >= 4 is 32.8 Å². The van der Waals surface area contributed by atoms with E-state index < -0.39 is 4.92 Å². The molecule has 2 rings (SSSR count). The Bertz CT molecular complexity index is 578. The van der Waals surface area contributed by atoms with Crippen molar-refractivity contribution in [2.75, 3.05) is 5.32 Å².